The molecule has 9 heteroatoms. The van der Waals surface area contributed by atoms with Gasteiger partial charge in [-0.15, -0.1) is 0 Å². The van der Waals surface area contributed by atoms with Crippen LogP contribution in [0.4, 0.5) is 11.5 Å². The van der Waals surface area contributed by atoms with E-state index in [0.29, 0.717) is 31.1 Å². The molecule has 212 valence electrons. The van der Waals surface area contributed by atoms with Crippen molar-refractivity contribution in [3.63, 3.8) is 0 Å². The van der Waals surface area contributed by atoms with E-state index < -0.39 is 0 Å². The van der Waals surface area contributed by atoms with Crippen molar-refractivity contribution in [1.29, 1.82) is 0 Å². The highest BCUT2D eigenvalue weighted by atomic mass is 35.5. The van der Waals surface area contributed by atoms with E-state index in [2.05, 4.69) is 57.1 Å². The summed E-state index contributed by atoms with van der Waals surface area (Å²) in [5.74, 6) is 1.63. The third-order valence-electron chi connectivity index (χ3n) is 8.85. The predicted molar refractivity (Wildman–Crippen MR) is 162 cm³/mol. The molecule has 3 aliphatic heterocycles. The van der Waals surface area contributed by atoms with Crippen LogP contribution < -0.4 is 19.3 Å². The standard InChI is InChI=1S/C32H35ClN6O2/c1-37-13-5-8-24(37)20-41-32-35-27-19-38(28-10-4-7-21-6-3-9-26(33)30(21)28)15-12-25(27)31(36-32)39-14-11-22-17-34-29(40-2)16-23(22)18-39/h3-4,6-7,9-10,16-17,24H,5,8,11-15,18-20H2,1-2H3/t24-/m0/s1. The molecule has 2 aromatic carbocycles. The Morgan fingerprint density at radius 1 is 0.976 bits per heavy atom. The number of benzene rings is 2. The second-order valence-corrected chi connectivity index (χ2v) is 11.7. The maximum atomic E-state index is 6.72. The number of methoxy groups -OCH3 is 1. The fourth-order valence-corrected chi connectivity index (χ4v) is 6.81. The topological polar surface area (TPSA) is 66.9 Å². The minimum absolute atomic E-state index is 0.397. The van der Waals surface area contributed by atoms with Crippen LogP contribution in [0.15, 0.2) is 48.7 Å². The number of aromatic nitrogens is 3. The first kappa shape index (κ1) is 26.3. The largest absolute Gasteiger partial charge is 0.481 e. The van der Waals surface area contributed by atoms with E-state index >= 15 is 0 Å². The van der Waals surface area contributed by atoms with Gasteiger partial charge < -0.3 is 24.2 Å². The molecule has 0 unspecified atom stereocenters. The Kier molecular flexibility index (Phi) is 7.04. The van der Waals surface area contributed by atoms with Gasteiger partial charge in [0.1, 0.15) is 12.4 Å². The van der Waals surface area contributed by atoms with Crippen molar-refractivity contribution in [3.8, 4) is 11.9 Å². The SMILES string of the molecule is COc1cc2c(cn1)CCN(c1nc(OC[C@@H]3CCCN3C)nc3c1CCN(c1cccc4cccc(Cl)c14)C3)C2. The van der Waals surface area contributed by atoms with Crippen LogP contribution >= 0.6 is 11.6 Å². The summed E-state index contributed by atoms with van der Waals surface area (Å²) in [4.78, 5) is 21.6. The second kappa shape index (κ2) is 11.0. The summed E-state index contributed by atoms with van der Waals surface area (Å²) in [6, 6.07) is 15.4. The number of nitrogens with zero attached hydrogens (tertiary/aromatic N) is 6. The van der Waals surface area contributed by atoms with Crippen LogP contribution in [0.1, 0.15) is 35.2 Å². The first-order valence-corrected chi connectivity index (χ1v) is 14.9. The maximum Gasteiger partial charge on any atom is 0.318 e. The van der Waals surface area contributed by atoms with E-state index in [-0.39, 0.29) is 0 Å². The molecular formula is C32H35ClN6O2. The van der Waals surface area contributed by atoms with E-state index in [1.165, 1.54) is 23.1 Å². The Labute approximate surface area is 245 Å². The van der Waals surface area contributed by atoms with E-state index in [9.17, 15) is 0 Å². The van der Waals surface area contributed by atoms with Gasteiger partial charge in [0.05, 0.1) is 24.4 Å². The average molecular weight is 571 g/mol. The molecule has 0 aliphatic carbocycles. The molecule has 4 aromatic rings. The summed E-state index contributed by atoms with van der Waals surface area (Å²) in [6.45, 7) is 4.88. The van der Waals surface area contributed by atoms with Crippen molar-refractivity contribution in [2.24, 2.45) is 0 Å². The highest BCUT2D eigenvalue weighted by molar-refractivity contribution is 6.36. The molecule has 0 radical (unpaired) electrons. The van der Waals surface area contributed by atoms with Crippen LogP contribution in [-0.4, -0.2) is 66.3 Å². The molecule has 0 bridgehead atoms. The molecule has 41 heavy (non-hydrogen) atoms. The van der Waals surface area contributed by atoms with E-state index in [1.807, 2.05) is 18.3 Å². The molecule has 7 rings (SSSR count). The smallest absolute Gasteiger partial charge is 0.318 e. The summed E-state index contributed by atoms with van der Waals surface area (Å²) in [5, 5.41) is 3.00. The van der Waals surface area contributed by atoms with Crippen molar-refractivity contribution in [3.05, 3.63) is 76.1 Å². The summed E-state index contributed by atoms with van der Waals surface area (Å²) < 4.78 is 11.8. The average Bonchev–Trinajstić information content (AvgIpc) is 3.42. The number of fused-ring (bicyclic) bond motifs is 3. The lowest BCUT2D eigenvalue weighted by molar-refractivity contribution is 0.187. The minimum Gasteiger partial charge on any atom is -0.481 e. The van der Waals surface area contributed by atoms with Crippen molar-refractivity contribution in [1.82, 2.24) is 19.9 Å². The van der Waals surface area contributed by atoms with Crippen LogP contribution in [0.3, 0.4) is 0 Å². The molecule has 0 amide bonds. The number of hydrogen-bond acceptors (Lipinski definition) is 8. The Bertz CT molecular complexity index is 1590. The lowest BCUT2D eigenvalue weighted by Gasteiger charge is -2.36. The fraction of sp³-hybridized carbons (Fsp3) is 0.406. The molecule has 0 N–H and O–H groups in total. The maximum absolute atomic E-state index is 6.72. The molecular weight excluding hydrogens is 536 g/mol. The first-order valence-electron chi connectivity index (χ1n) is 14.5. The number of anilines is 2. The van der Waals surface area contributed by atoms with Crippen LogP contribution in [-0.2, 0) is 25.9 Å². The summed E-state index contributed by atoms with van der Waals surface area (Å²) in [7, 11) is 3.83. The number of halogens is 1. The quantitative estimate of drug-likeness (QED) is 0.310. The van der Waals surface area contributed by atoms with Crippen LogP contribution in [0.5, 0.6) is 11.9 Å². The number of likely N-dealkylation sites (N-methyl/N-ethyl adjacent to an activating group) is 1. The number of rotatable bonds is 6. The molecule has 8 nitrogen and oxygen atoms in total. The Morgan fingerprint density at radius 3 is 2.66 bits per heavy atom. The second-order valence-electron chi connectivity index (χ2n) is 11.3. The van der Waals surface area contributed by atoms with Gasteiger partial charge in [0.2, 0.25) is 5.88 Å². The lowest BCUT2D eigenvalue weighted by Crippen LogP contribution is -2.37. The number of ether oxygens (including phenoxy) is 2. The van der Waals surface area contributed by atoms with Gasteiger partial charge in [-0.05, 0) is 67.9 Å². The first-order chi connectivity index (χ1) is 20.1. The predicted octanol–water partition coefficient (Wildman–Crippen LogP) is 5.29. The molecule has 0 saturated carbocycles. The molecule has 1 saturated heterocycles. The van der Waals surface area contributed by atoms with Gasteiger partial charge in [0, 0.05) is 54.6 Å². The van der Waals surface area contributed by atoms with Gasteiger partial charge in [-0.3, -0.25) is 0 Å². The van der Waals surface area contributed by atoms with E-state index in [0.717, 1.165) is 78.4 Å². The van der Waals surface area contributed by atoms with Gasteiger partial charge in [-0.25, -0.2) is 4.98 Å². The molecule has 2 aromatic heterocycles. The zero-order valence-electron chi connectivity index (χ0n) is 23.6. The Balaban J connectivity index is 1.24. The van der Waals surface area contributed by atoms with Crippen LogP contribution in [0.2, 0.25) is 5.02 Å². The van der Waals surface area contributed by atoms with Crippen molar-refractivity contribution < 1.29 is 9.47 Å². The van der Waals surface area contributed by atoms with Gasteiger partial charge in [0.15, 0.2) is 0 Å². The van der Waals surface area contributed by atoms with Crippen molar-refractivity contribution >= 4 is 33.9 Å². The zero-order valence-corrected chi connectivity index (χ0v) is 24.4. The van der Waals surface area contributed by atoms with Crippen molar-refractivity contribution in [2.45, 2.75) is 44.8 Å². The molecule has 1 atom stereocenters. The Hall–Kier alpha value is -3.62. The van der Waals surface area contributed by atoms with Gasteiger partial charge in [0.25, 0.3) is 0 Å². The fourth-order valence-electron chi connectivity index (χ4n) is 6.53. The monoisotopic (exact) mass is 570 g/mol. The highest BCUT2D eigenvalue weighted by Gasteiger charge is 2.29. The number of likely N-dealkylation sites (tertiary alicyclic amines) is 1. The van der Waals surface area contributed by atoms with Crippen molar-refractivity contribution in [2.75, 3.05) is 50.2 Å². The molecule has 1 fully saturated rings. The Morgan fingerprint density at radius 2 is 1.83 bits per heavy atom. The minimum atomic E-state index is 0.397. The van der Waals surface area contributed by atoms with E-state index in [1.54, 1.807) is 7.11 Å². The summed E-state index contributed by atoms with van der Waals surface area (Å²) >= 11 is 6.72. The van der Waals surface area contributed by atoms with Gasteiger partial charge in [-0.2, -0.15) is 9.97 Å². The lowest BCUT2D eigenvalue weighted by atomic mass is 9.99. The highest BCUT2D eigenvalue weighted by Crippen LogP contribution is 2.38. The summed E-state index contributed by atoms with van der Waals surface area (Å²) in [5.41, 5.74) is 5.87. The third-order valence-corrected chi connectivity index (χ3v) is 9.17. The number of hydrogen-bond donors (Lipinski definition) is 0. The number of pyridine rings is 1. The normalized spacial score (nSPS) is 18.9. The van der Waals surface area contributed by atoms with Gasteiger partial charge >= 0.3 is 6.01 Å². The van der Waals surface area contributed by atoms with Crippen LogP contribution in [0, 0.1) is 0 Å². The molecule has 3 aliphatic rings. The zero-order chi connectivity index (χ0) is 27.9. The van der Waals surface area contributed by atoms with Gasteiger partial charge in [-0.1, -0.05) is 35.9 Å². The molecule has 5 heterocycles. The van der Waals surface area contributed by atoms with Crippen LogP contribution in [0.25, 0.3) is 10.8 Å². The third kappa shape index (κ3) is 5.04. The van der Waals surface area contributed by atoms with E-state index in [4.69, 9.17) is 31.0 Å². The summed E-state index contributed by atoms with van der Waals surface area (Å²) in [6.07, 6.45) is 6.05. The molecule has 0 spiro atoms.